The van der Waals surface area contributed by atoms with E-state index in [0.717, 1.165) is 62.8 Å². The van der Waals surface area contributed by atoms with Crippen LogP contribution in [0.1, 0.15) is 37.7 Å². The molecule has 2 fully saturated rings. The standard InChI is InChI=1S/C27H32N4O2/c32-26(19-31-20-28-24-11-4-5-12-25(24)31)29-16-13-22(14-17-29)23-10-6-7-15-30(27(23)33)18-21-8-2-1-3-9-21/h1-5,8-9,11-12,20,22-23H,6-7,10,13-19H2/t23-/m0/s1. The van der Waals surface area contributed by atoms with Gasteiger partial charge in [-0.05, 0) is 49.3 Å². The average Bonchev–Trinajstić information content (AvgIpc) is 3.17. The fourth-order valence-electron chi connectivity index (χ4n) is 5.47. The number of likely N-dealkylation sites (tertiary alicyclic amines) is 2. The van der Waals surface area contributed by atoms with Crippen molar-refractivity contribution in [3.05, 3.63) is 66.5 Å². The Kier molecular flexibility index (Phi) is 6.42. The van der Waals surface area contributed by atoms with Gasteiger partial charge in [0.05, 0.1) is 17.4 Å². The normalized spacial score (nSPS) is 20.2. The summed E-state index contributed by atoms with van der Waals surface area (Å²) in [6, 6.07) is 18.2. The zero-order valence-corrected chi connectivity index (χ0v) is 19.1. The number of carbonyl (C=O) groups is 2. The highest BCUT2D eigenvalue weighted by atomic mass is 16.2. The van der Waals surface area contributed by atoms with Gasteiger partial charge < -0.3 is 14.4 Å². The van der Waals surface area contributed by atoms with Crippen LogP contribution >= 0.6 is 0 Å². The molecule has 5 rings (SSSR count). The lowest BCUT2D eigenvalue weighted by Gasteiger charge is -2.36. The third-order valence-electron chi connectivity index (χ3n) is 7.33. The molecule has 3 aromatic rings. The molecule has 2 aliphatic rings. The van der Waals surface area contributed by atoms with Gasteiger partial charge in [-0.15, -0.1) is 0 Å². The van der Waals surface area contributed by atoms with Crippen LogP contribution in [0.2, 0.25) is 0 Å². The van der Waals surface area contributed by atoms with Gasteiger partial charge >= 0.3 is 0 Å². The maximum atomic E-state index is 13.4. The van der Waals surface area contributed by atoms with E-state index in [4.69, 9.17) is 0 Å². The Morgan fingerprint density at radius 1 is 0.909 bits per heavy atom. The number of nitrogens with zero attached hydrogens (tertiary/aromatic N) is 4. The zero-order valence-electron chi connectivity index (χ0n) is 19.1. The van der Waals surface area contributed by atoms with E-state index >= 15 is 0 Å². The van der Waals surface area contributed by atoms with Crippen LogP contribution in [-0.4, -0.2) is 50.8 Å². The average molecular weight is 445 g/mol. The molecule has 0 bridgehead atoms. The molecule has 0 aliphatic carbocycles. The summed E-state index contributed by atoms with van der Waals surface area (Å²) in [7, 11) is 0. The van der Waals surface area contributed by atoms with Crippen LogP contribution in [-0.2, 0) is 22.7 Å². The molecule has 6 nitrogen and oxygen atoms in total. The highest BCUT2D eigenvalue weighted by Crippen LogP contribution is 2.33. The molecule has 2 aromatic carbocycles. The second-order valence-corrected chi connectivity index (χ2v) is 9.43. The largest absolute Gasteiger partial charge is 0.341 e. The minimum Gasteiger partial charge on any atom is -0.341 e. The SMILES string of the molecule is O=C(Cn1cnc2ccccc21)N1CCC([C@@H]2CCCCN(Cc3ccccc3)C2=O)CC1. The van der Waals surface area contributed by atoms with E-state index in [-0.39, 0.29) is 11.8 Å². The maximum absolute atomic E-state index is 13.4. The summed E-state index contributed by atoms with van der Waals surface area (Å²) in [6.45, 7) is 3.34. The molecule has 2 amide bonds. The smallest absolute Gasteiger partial charge is 0.242 e. The van der Waals surface area contributed by atoms with Crippen LogP contribution in [0.3, 0.4) is 0 Å². The number of benzene rings is 2. The van der Waals surface area contributed by atoms with Crippen molar-refractivity contribution in [3.8, 4) is 0 Å². The van der Waals surface area contributed by atoms with Crippen molar-refractivity contribution in [2.24, 2.45) is 11.8 Å². The van der Waals surface area contributed by atoms with Crippen molar-refractivity contribution >= 4 is 22.8 Å². The fourth-order valence-corrected chi connectivity index (χ4v) is 5.47. The number of fused-ring (bicyclic) bond motifs is 1. The predicted octanol–water partition coefficient (Wildman–Crippen LogP) is 4.10. The maximum Gasteiger partial charge on any atom is 0.242 e. The van der Waals surface area contributed by atoms with E-state index in [1.165, 1.54) is 5.56 Å². The molecule has 3 heterocycles. The van der Waals surface area contributed by atoms with E-state index in [9.17, 15) is 9.59 Å². The Morgan fingerprint density at radius 2 is 1.67 bits per heavy atom. The van der Waals surface area contributed by atoms with E-state index < -0.39 is 0 Å². The molecule has 0 spiro atoms. The lowest BCUT2D eigenvalue weighted by atomic mass is 9.81. The minimum atomic E-state index is 0.0889. The van der Waals surface area contributed by atoms with Gasteiger partial charge in [-0.1, -0.05) is 48.9 Å². The van der Waals surface area contributed by atoms with Gasteiger partial charge in [0.2, 0.25) is 11.8 Å². The lowest BCUT2D eigenvalue weighted by molar-refractivity contribution is -0.139. The van der Waals surface area contributed by atoms with Gasteiger partial charge in [0.1, 0.15) is 6.54 Å². The van der Waals surface area contributed by atoms with Crippen LogP contribution in [0, 0.1) is 11.8 Å². The third kappa shape index (κ3) is 4.80. The van der Waals surface area contributed by atoms with Crippen LogP contribution < -0.4 is 0 Å². The number of para-hydroxylation sites is 2. The van der Waals surface area contributed by atoms with Crippen molar-refractivity contribution in [2.75, 3.05) is 19.6 Å². The Morgan fingerprint density at radius 3 is 2.48 bits per heavy atom. The van der Waals surface area contributed by atoms with Crippen LogP contribution in [0.15, 0.2) is 60.9 Å². The summed E-state index contributed by atoms with van der Waals surface area (Å²) >= 11 is 0. The number of carbonyl (C=O) groups excluding carboxylic acids is 2. The predicted molar refractivity (Wildman–Crippen MR) is 128 cm³/mol. The Hall–Kier alpha value is -3.15. The van der Waals surface area contributed by atoms with Gasteiger partial charge in [-0.2, -0.15) is 0 Å². The molecule has 0 N–H and O–H groups in total. The number of rotatable bonds is 5. The quantitative estimate of drug-likeness (QED) is 0.595. The molecule has 2 saturated heterocycles. The topological polar surface area (TPSA) is 58.4 Å². The number of imidazole rings is 1. The molecule has 0 unspecified atom stereocenters. The molecule has 0 radical (unpaired) electrons. The van der Waals surface area contributed by atoms with Crippen molar-refractivity contribution < 1.29 is 9.59 Å². The molecular weight excluding hydrogens is 412 g/mol. The first-order valence-electron chi connectivity index (χ1n) is 12.2. The molecule has 1 atom stereocenters. The number of piperidine rings is 1. The summed E-state index contributed by atoms with van der Waals surface area (Å²) in [5.41, 5.74) is 3.10. The van der Waals surface area contributed by atoms with Gasteiger partial charge in [-0.3, -0.25) is 9.59 Å². The number of hydrogen-bond acceptors (Lipinski definition) is 3. The van der Waals surface area contributed by atoms with Gasteiger partial charge in [0.15, 0.2) is 0 Å². The first-order chi connectivity index (χ1) is 16.2. The monoisotopic (exact) mass is 444 g/mol. The van der Waals surface area contributed by atoms with Gasteiger partial charge in [0, 0.05) is 32.1 Å². The van der Waals surface area contributed by atoms with Crippen molar-refractivity contribution in [1.29, 1.82) is 0 Å². The van der Waals surface area contributed by atoms with E-state index in [0.29, 0.717) is 24.9 Å². The summed E-state index contributed by atoms with van der Waals surface area (Å²) < 4.78 is 1.93. The second-order valence-electron chi connectivity index (χ2n) is 9.43. The molecule has 0 saturated carbocycles. The lowest BCUT2D eigenvalue weighted by Crippen LogP contribution is -2.44. The molecule has 1 aromatic heterocycles. The van der Waals surface area contributed by atoms with Crippen molar-refractivity contribution in [2.45, 2.75) is 45.2 Å². The number of hydrogen-bond donors (Lipinski definition) is 0. The Labute approximate surface area is 195 Å². The Bertz CT molecular complexity index is 1100. The van der Waals surface area contributed by atoms with Gasteiger partial charge in [-0.25, -0.2) is 4.98 Å². The minimum absolute atomic E-state index is 0.0889. The number of amides is 2. The first kappa shape index (κ1) is 21.7. The summed E-state index contributed by atoms with van der Waals surface area (Å²) in [6.07, 6.45) is 6.72. The van der Waals surface area contributed by atoms with Gasteiger partial charge in [0.25, 0.3) is 0 Å². The third-order valence-corrected chi connectivity index (χ3v) is 7.33. The van der Waals surface area contributed by atoms with Crippen molar-refractivity contribution in [1.82, 2.24) is 19.4 Å². The molecule has 33 heavy (non-hydrogen) atoms. The summed E-state index contributed by atoms with van der Waals surface area (Å²) in [4.78, 5) is 34.8. The molecule has 6 heteroatoms. The second kappa shape index (κ2) is 9.77. The molecule has 2 aliphatic heterocycles. The van der Waals surface area contributed by atoms with Crippen molar-refractivity contribution in [3.63, 3.8) is 0 Å². The molecule has 172 valence electrons. The fraction of sp³-hybridized carbons (Fsp3) is 0.444. The zero-order chi connectivity index (χ0) is 22.6. The first-order valence-corrected chi connectivity index (χ1v) is 12.2. The highest BCUT2D eigenvalue weighted by molar-refractivity contribution is 5.81. The van der Waals surface area contributed by atoms with Crippen LogP contribution in [0.4, 0.5) is 0 Å². The number of aromatic nitrogens is 2. The summed E-state index contributed by atoms with van der Waals surface area (Å²) in [5.74, 6) is 0.901. The molecular formula is C27H32N4O2. The van der Waals surface area contributed by atoms with E-state index in [2.05, 4.69) is 22.0 Å². The van der Waals surface area contributed by atoms with E-state index in [1.807, 2.05) is 51.9 Å². The highest BCUT2D eigenvalue weighted by Gasteiger charge is 2.35. The van der Waals surface area contributed by atoms with Crippen LogP contribution in [0.5, 0.6) is 0 Å². The van der Waals surface area contributed by atoms with E-state index in [1.54, 1.807) is 6.33 Å². The Balaban J connectivity index is 1.19. The summed E-state index contributed by atoms with van der Waals surface area (Å²) in [5, 5.41) is 0. The van der Waals surface area contributed by atoms with Crippen LogP contribution in [0.25, 0.3) is 11.0 Å².